The third-order valence-electron chi connectivity index (χ3n) is 4.73. The van der Waals surface area contributed by atoms with Crippen LogP contribution in [0.5, 0.6) is 0 Å². The Hall–Kier alpha value is -2.30. The van der Waals surface area contributed by atoms with E-state index in [2.05, 4.69) is 5.32 Å². The fourth-order valence-corrected chi connectivity index (χ4v) is 3.54. The number of rotatable bonds is 5. The van der Waals surface area contributed by atoms with Crippen LogP contribution in [0.3, 0.4) is 0 Å². The van der Waals surface area contributed by atoms with Crippen LogP contribution in [0.4, 0.5) is 0 Å². The van der Waals surface area contributed by atoms with Gasteiger partial charge in [-0.3, -0.25) is 4.79 Å². The van der Waals surface area contributed by atoms with Crippen LogP contribution in [-0.4, -0.2) is 19.0 Å². The lowest BCUT2D eigenvalue weighted by atomic mass is 9.87. The quantitative estimate of drug-likeness (QED) is 0.695. The normalized spacial score (nSPS) is 18.4. The molecule has 0 aromatic heterocycles. The molecule has 1 aliphatic heterocycles. The number of allylic oxidation sites excluding steroid dienone is 1. The molecular formula is C21H19Cl2NO3. The minimum absolute atomic E-state index is 0.127. The summed E-state index contributed by atoms with van der Waals surface area (Å²) in [6.07, 6.45) is 5.42. The van der Waals surface area contributed by atoms with E-state index in [9.17, 15) is 9.59 Å². The van der Waals surface area contributed by atoms with Crippen molar-refractivity contribution in [1.29, 1.82) is 0 Å². The van der Waals surface area contributed by atoms with E-state index in [1.54, 1.807) is 30.3 Å². The number of benzene rings is 2. The summed E-state index contributed by atoms with van der Waals surface area (Å²) in [6, 6.07) is 10.5. The van der Waals surface area contributed by atoms with Crippen molar-refractivity contribution >= 4 is 41.2 Å². The Bertz CT molecular complexity index is 939. The Balaban J connectivity index is 1.75. The van der Waals surface area contributed by atoms with Crippen LogP contribution in [-0.2, 0) is 10.3 Å². The zero-order chi connectivity index (χ0) is 19.6. The smallest absolute Gasteiger partial charge is 0.337 e. The lowest BCUT2D eigenvalue weighted by Gasteiger charge is -2.25. The second-order valence-electron chi connectivity index (χ2n) is 6.65. The minimum Gasteiger partial charge on any atom is -0.465 e. The third-order valence-corrected chi connectivity index (χ3v) is 5.47. The molecule has 1 aliphatic rings. The zero-order valence-electron chi connectivity index (χ0n) is 15.0. The van der Waals surface area contributed by atoms with Gasteiger partial charge in [-0.2, -0.15) is 0 Å². The summed E-state index contributed by atoms with van der Waals surface area (Å²) < 4.78 is 4.78. The van der Waals surface area contributed by atoms with Gasteiger partial charge in [0, 0.05) is 5.56 Å². The molecule has 1 atom stereocenters. The molecule has 0 bridgehead atoms. The molecule has 2 aromatic carbocycles. The average Bonchev–Trinajstić information content (AvgIpc) is 2.91. The highest BCUT2D eigenvalue weighted by Gasteiger charge is 2.38. The predicted molar refractivity (Wildman–Crippen MR) is 107 cm³/mol. The first kappa shape index (κ1) is 19.5. The molecule has 0 saturated carbocycles. The van der Waals surface area contributed by atoms with Gasteiger partial charge in [-0.25, -0.2) is 4.79 Å². The molecule has 0 aliphatic carbocycles. The molecule has 2 aromatic rings. The van der Waals surface area contributed by atoms with E-state index >= 15 is 0 Å². The van der Waals surface area contributed by atoms with Gasteiger partial charge in [-0.1, -0.05) is 41.4 Å². The fraction of sp³-hybridized carbons (Fsp3) is 0.238. The van der Waals surface area contributed by atoms with Crippen LogP contribution in [0, 0.1) is 0 Å². The molecule has 27 heavy (non-hydrogen) atoms. The Morgan fingerprint density at radius 3 is 2.67 bits per heavy atom. The molecule has 6 heteroatoms. The molecule has 0 radical (unpaired) electrons. The highest BCUT2D eigenvalue weighted by molar-refractivity contribution is 6.42. The van der Waals surface area contributed by atoms with Crippen molar-refractivity contribution in [3.63, 3.8) is 0 Å². The average molecular weight is 404 g/mol. The van der Waals surface area contributed by atoms with Crippen molar-refractivity contribution < 1.29 is 14.3 Å². The summed E-state index contributed by atoms with van der Waals surface area (Å²) in [7, 11) is 1.34. The van der Waals surface area contributed by atoms with Crippen molar-refractivity contribution in [3.05, 3.63) is 74.8 Å². The van der Waals surface area contributed by atoms with Crippen LogP contribution in [0.1, 0.15) is 51.6 Å². The molecule has 1 unspecified atom stereocenters. The maximum absolute atomic E-state index is 12.3. The number of nitrogens with one attached hydrogen (secondary N) is 1. The Morgan fingerprint density at radius 2 is 1.96 bits per heavy atom. The van der Waals surface area contributed by atoms with Crippen LogP contribution in [0.25, 0.3) is 6.08 Å². The molecule has 0 saturated heterocycles. The van der Waals surface area contributed by atoms with Gasteiger partial charge in [0.05, 0.1) is 28.3 Å². The number of methoxy groups -OCH3 is 1. The van der Waals surface area contributed by atoms with E-state index in [0.717, 1.165) is 17.5 Å². The number of esters is 1. The minimum atomic E-state index is -0.543. The largest absolute Gasteiger partial charge is 0.465 e. The highest BCUT2D eigenvalue weighted by atomic mass is 35.5. The monoisotopic (exact) mass is 403 g/mol. The van der Waals surface area contributed by atoms with E-state index in [4.69, 9.17) is 27.9 Å². The molecule has 4 nitrogen and oxygen atoms in total. The maximum atomic E-state index is 12.3. The fourth-order valence-electron chi connectivity index (χ4n) is 3.23. The first-order valence-electron chi connectivity index (χ1n) is 8.51. The SMILES string of the molecule is COC(=O)c1ccc2c(c1)C(C)(CCC=Cc1ccc(Cl)c(Cl)c1)NC2=O. The van der Waals surface area contributed by atoms with Gasteiger partial charge in [-0.15, -0.1) is 0 Å². The molecule has 0 fully saturated rings. The second-order valence-corrected chi connectivity index (χ2v) is 7.47. The van der Waals surface area contributed by atoms with E-state index in [1.165, 1.54) is 7.11 Å². The second kappa shape index (κ2) is 7.75. The molecule has 1 N–H and O–H groups in total. The zero-order valence-corrected chi connectivity index (χ0v) is 16.5. The summed E-state index contributed by atoms with van der Waals surface area (Å²) in [4.78, 5) is 24.1. The van der Waals surface area contributed by atoms with Crippen LogP contribution in [0.2, 0.25) is 10.0 Å². The first-order valence-corrected chi connectivity index (χ1v) is 9.26. The van der Waals surface area contributed by atoms with Crippen molar-refractivity contribution in [2.24, 2.45) is 0 Å². The number of carbonyl (C=O) groups excluding carboxylic acids is 2. The van der Waals surface area contributed by atoms with Crippen molar-refractivity contribution in [3.8, 4) is 0 Å². The standard InChI is InChI=1S/C21H19Cl2NO3/c1-21(10-4-3-5-13-6-9-17(22)18(23)11-13)16-12-14(20(26)27-2)7-8-15(16)19(25)24-21/h3,5-9,11-12H,4,10H2,1-2H3,(H,24,25). The molecule has 1 heterocycles. The summed E-state index contributed by atoms with van der Waals surface area (Å²) in [6.45, 7) is 1.96. The summed E-state index contributed by atoms with van der Waals surface area (Å²) >= 11 is 12.0. The lowest BCUT2D eigenvalue weighted by Crippen LogP contribution is -2.36. The van der Waals surface area contributed by atoms with Gasteiger partial charge in [0.1, 0.15) is 0 Å². The van der Waals surface area contributed by atoms with Crippen molar-refractivity contribution in [1.82, 2.24) is 5.32 Å². The van der Waals surface area contributed by atoms with Crippen LogP contribution in [0.15, 0.2) is 42.5 Å². The lowest BCUT2D eigenvalue weighted by molar-refractivity contribution is 0.0600. The van der Waals surface area contributed by atoms with E-state index in [-0.39, 0.29) is 5.91 Å². The molecule has 1 amide bonds. The van der Waals surface area contributed by atoms with Gasteiger partial charge >= 0.3 is 5.97 Å². The first-order chi connectivity index (χ1) is 12.8. The predicted octanol–water partition coefficient (Wildman–Crippen LogP) is 5.23. The Labute approximate surface area is 168 Å². The van der Waals surface area contributed by atoms with Crippen molar-refractivity contribution in [2.45, 2.75) is 25.3 Å². The molecule has 140 valence electrons. The summed E-state index contributed by atoms with van der Waals surface area (Å²) in [5.74, 6) is -0.545. The molecule has 3 rings (SSSR count). The number of hydrogen-bond acceptors (Lipinski definition) is 3. The third kappa shape index (κ3) is 4.02. The van der Waals surface area contributed by atoms with Gasteiger partial charge in [-0.05, 0) is 61.2 Å². The number of hydrogen-bond donors (Lipinski definition) is 1. The maximum Gasteiger partial charge on any atom is 0.337 e. The van der Waals surface area contributed by atoms with Crippen LogP contribution >= 0.6 is 23.2 Å². The van der Waals surface area contributed by atoms with E-state index in [1.807, 2.05) is 25.1 Å². The van der Waals surface area contributed by atoms with Crippen molar-refractivity contribution in [2.75, 3.05) is 7.11 Å². The number of halogens is 2. The Morgan fingerprint density at radius 1 is 1.19 bits per heavy atom. The highest BCUT2D eigenvalue weighted by Crippen LogP contribution is 2.35. The van der Waals surface area contributed by atoms with Gasteiger partial charge in [0.2, 0.25) is 0 Å². The number of amides is 1. The Kier molecular flexibility index (Phi) is 5.59. The number of fused-ring (bicyclic) bond motifs is 1. The summed E-state index contributed by atoms with van der Waals surface area (Å²) in [5.41, 5.74) is 2.26. The van der Waals surface area contributed by atoms with Gasteiger partial charge in [0.15, 0.2) is 0 Å². The molecule has 0 spiro atoms. The van der Waals surface area contributed by atoms with Crippen LogP contribution < -0.4 is 5.32 Å². The number of ether oxygens (including phenoxy) is 1. The van der Waals surface area contributed by atoms with E-state index in [0.29, 0.717) is 27.6 Å². The number of carbonyl (C=O) groups is 2. The topological polar surface area (TPSA) is 55.4 Å². The van der Waals surface area contributed by atoms with Gasteiger partial charge in [0.25, 0.3) is 5.91 Å². The van der Waals surface area contributed by atoms with E-state index < -0.39 is 11.5 Å². The summed E-state index contributed by atoms with van der Waals surface area (Å²) in [5, 5.41) is 4.07. The molecular weight excluding hydrogens is 385 g/mol. The van der Waals surface area contributed by atoms with Gasteiger partial charge < -0.3 is 10.1 Å².